The van der Waals surface area contributed by atoms with E-state index in [1.165, 1.54) is 6.07 Å². The molecule has 1 fully saturated rings. The van der Waals surface area contributed by atoms with Crippen LogP contribution in [-0.4, -0.2) is 34.0 Å². The Hall–Kier alpha value is -2.38. The Kier molecular flexibility index (Phi) is 6.36. The summed E-state index contributed by atoms with van der Waals surface area (Å²) in [5.74, 6) is -0.330. The molecule has 2 aromatic carbocycles. The summed E-state index contributed by atoms with van der Waals surface area (Å²) in [6, 6.07) is 12.4. The molecule has 1 aliphatic rings. The summed E-state index contributed by atoms with van der Waals surface area (Å²) in [6.07, 6.45) is 2.78. The van der Waals surface area contributed by atoms with E-state index in [4.69, 9.17) is 0 Å². The van der Waals surface area contributed by atoms with Gasteiger partial charge in [0.2, 0.25) is 10.0 Å². The van der Waals surface area contributed by atoms with Crippen molar-refractivity contribution in [2.45, 2.75) is 38.0 Å². The number of amides is 1. The second-order valence-electron chi connectivity index (χ2n) is 7.09. The van der Waals surface area contributed by atoms with E-state index >= 15 is 0 Å². The predicted octanol–water partition coefficient (Wildman–Crippen LogP) is 3.54. The van der Waals surface area contributed by atoms with Gasteiger partial charge in [-0.1, -0.05) is 24.6 Å². The molecular weight excluding hydrogens is 374 g/mol. The topological polar surface area (TPSA) is 78.5 Å². The average Bonchev–Trinajstić information content (AvgIpc) is 3.22. The van der Waals surface area contributed by atoms with E-state index in [1.54, 1.807) is 12.1 Å². The van der Waals surface area contributed by atoms with Crippen LogP contribution in [0.4, 0.5) is 11.4 Å². The smallest absolute Gasteiger partial charge is 0.255 e. The first-order chi connectivity index (χ1) is 13.4. The van der Waals surface area contributed by atoms with E-state index < -0.39 is 10.0 Å². The van der Waals surface area contributed by atoms with E-state index in [0.29, 0.717) is 29.9 Å². The maximum Gasteiger partial charge on any atom is 0.255 e. The molecule has 1 amide bonds. The van der Waals surface area contributed by atoms with Gasteiger partial charge in [-0.05, 0) is 56.5 Å². The van der Waals surface area contributed by atoms with Gasteiger partial charge in [0.15, 0.2) is 0 Å². The minimum Gasteiger partial charge on any atom is -0.370 e. The molecule has 150 valence electrons. The van der Waals surface area contributed by atoms with Crippen molar-refractivity contribution in [3.63, 3.8) is 0 Å². The fourth-order valence-electron chi connectivity index (χ4n) is 3.24. The second kappa shape index (κ2) is 8.75. The normalized spacial score (nSPS) is 14.3. The van der Waals surface area contributed by atoms with Crippen molar-refractivity contribution in [1.29, 1.82) is 0 Å². The molecule has 0 spiro atoms. The number of carbonyl (C=O) groups excluding carboxylic acids is 1. The molecule has 0 atom stereocenters. The number of anilines is 2. The zero-order chi connectivity index (χ0) is 20.1. The highest BCUT2D eigenvalue weighted by Crippen LogP contribution is 2.29. The number of rotatable bonds is 7. The monoisotopic (exact) mass is 401 g/mol. The molecule has 2 N–H and O–H groups in total. The summed E-state index contributed by atoms with van der Waals surface area (Å²) in [5, 5.41) is 2.83. The number of nitrogens with zero attached hydrogens (tertiary/aromatic N) is 1. The van der Waals surface area contributed by atoms with Crippen molar-refractivity contribution in [3.8, 4) is 0 Å². The SMILES string of the molecule is CCCNS(=O)(=O)c1cc(C(=O)Nc2ccc(C)cc2)ccc1N1CCCC1. The first-order valence-corrected chi connectivity index (χ1v) is 11.2. The van der Waals surface area contributed by atoms with Crippen LogP contribution in [0.2, 0.25) is 0 Å². The standard InChI is InChI=1S/C21H27N3O3S/c1-3-12-22-28(26,27)20-15-17(8-11-19(20)24-13-4-5-14-24)21(25)23-18-9-6-16(2)7-10-18/h6-11,15,22H,3-5,12-14H2,1-2H3,(H,23,25). The van der Waals surface area contributed by atoms with Crippen LogP contribution >= 0.6 is 0 Å². The van der Waals surface area contributed by atoms with Gasteiger partial charge in [0.05, 0.1) is 5.69 Å². The molecule has 1 aliphatic heterocycles. The molecule has 0 aromatic heterocycles. The number of hydrogen-bond donors (Lipinski definition) is 2. The lowest BCUT2D eigenvalue weighted by Crippen LogP contribution is -2.28. The average molecular weight is 402 g/mol. The minimum absolute atomic E-state index is 0.166. The van der Waals surface area contributed by atoms with Gasteiger partial charge in [0, 0.05) is 30.9 Å². The summed E-state index contributed by atoms with van der Waals surface area (Å²) < 4.78 is 28.4. The molecule has 0 radical (unpaired) electrons. The van der Waals surface area contributed by atoms with Gasteiger partial charge in [-0.2, -0.15) is 0 Å². The molecule has 3 rings (SSSR count). The Morgan fingerprint density at radius 2 is 1.75 bits per heavy atom. The van der Waals surface area contributed by atoms with Gasteiger partial charge in [0.1, 0.15) is 4.90 Å². The number of hydrogen-bond acceptors (Lipinski definition) is 4. The third-order valence-corrected chi connectivity index (χ3v) is 6.30. The van der Waals surface area contributed by atoms with Crippen LogP contribution in [0, 0.1) is 6.92 Å². The number of nitrogens with one attached hydrogen (secondary N) is 2. The van der Waals surface area contributed by atoms with Gasteiger partial charge >= 0.3 is 0 Å². The van der Waals surface area contributed by atoms with E-state index in [1.807, 2.05) is 38.1 Å². The lowest BCUT2D eigenvalue weighted by molar-refractivity contribution is 0.102. The molecule has 6 nitrogen and oxygen atoms in total. The maximum atomic E-state index is 12.9. The Bertz CT molecular complexity index is 934. The first kappa shape index (κ1) is 20.4. The number of carbonyl (C=O) groups is 1. The molecule has 0 unspecified atom stereocenters. The van der Waals surface area contributed by atoms with Crippen molar-refractivity contribution < 1.29 is 13.2 Å². The van der Waals surface area contributed by atoms with Crippen LogP contribution in [0.25, 0.3) is 0 Å². The third-order valence-electron chi connectivity index (χ3n) is 4.81. The first-order valence-electron chi connectivity index (χ1n) is 9.67. The van der Waals surface area contributed by atoms with E-state index in [2.05, 4.69) is 14.9 Å². The van der Waals surface area contributed by atoms with Crippen molar-refractivity contribution in [3.05, 3.63) is 53.6 Å². The largest absolute Gasteiger partial charge is 0.370 e. The van der Waals surface area contributed by atoms with Crippen LogP contribution in [0.1, 0.15) is 42.1 Å². The van der Waals surface area contributed by atoms with Crippen molar-refractivity contribution >= 4 is 27.3 Å². The summed E-state index contributed by atoms with van der Waals surface area (Å²) in [7, 11) is -3.70. The van der Waals surface area contributed by atoms with Crippen LogP contribution in [-0.2, 0) is 10.0 Å². The third kappa shape index (κ3) is 4.72. The Labute approximate surface area is 167 Å². The van der Waals surface area contributed by atoms with Gasteiger partial charge in [0.25, 0.3) is 5.91 Å². The van der Waals surface area contributed by atoms with Crippen LogP contribution < -0.4 is 14.9 Å². The van der Waals surface area contributed by atoms with Gasteiger partial charge in [-0.15, -0.1) is 0 Å². The number of benzene rings is 2. The quantitative estimate of drug-likeness (QED) is 0.744. The van der Waals surface area contributed by atoms with Crippen molar-refractivity contribution in [2.24, 2.45) is 0 Å². The lowest BCUT2D eigenvalue weighted by Gasteiger charge is -2.22. The summed E-state index contributed by atoms with van der Waals surface area (Å²) in [6.45, 7) is 5.90. The fraction of sp³-hybridized carbons (Fsp3) is 0.381. The van der Waals surface area contributed by atoms with Crippen LogP contribution in [0.5, 0.6) is 0 Å². The maximum absolute atomic E-state index is 12.9. The lowest BCUT2D eigenvalue weighted by atomic mass is 10.1. The summed E-state index contributed by atoms with van der Waals surface area (Å²) >= 11 is 0. The summed E-state index contributed by atoms with van der Waals surface area (Å²) in [4.78, 5) is 14.9. The molecule has 0 aliphatic carbocycles. The van der Waals surface area contributed by atoms with Crippen molar-refractivity contribution in [1.82, 2.24) is 4.72 Å². The van der Waals surface area contributed by atoms with E-state index in [-0.39, 0.29) is 10.8 Å². The van der Waals surface area contributed by atoms with Gasteiger partial charge in [-0.3, -0.25) is 4.79 Å². The van der Waals surface area contributed by atoms with Crippen molar-refractivity contribution in [2.75, 3.05) is 29.9 Å². The Morgan fingerprint density at radius 3 is 2.39 bits per heavy atom. The molecule has 28 heavy (non-hydrogen) atoms. The zero-order valence-corrected chi connectivity index (χ0v) is 17.2. The highest BCUT2D eigenvalue weighted by atomic mass is 32.2. The highest BCUT2D eigenvalue weighted by molar-refractivity contribution is 7.89. The molecule has 2 aromatic rings. The molecular formula is C21H27N3O3S. The molecule has 1 heterocycles. The molecule has 1 saturated heterocycles. The van der Waals surface area contributed by atoms with Crippen LogP contribution in [0.3, 0.4) is 0 Å². The number of aryl methyl sites for hydroxylation is 1. The second-order valence-corrected chi connectivity index (χ2v) is 8.83. The Balaban J connectivity index is 1.93. The van der Waals surface area contributed by atoms with E-state index in [9.17, 15) is 13.2 Å². The minimum atomic E-state index is -3.70. The summed E-state index contributed by atoms with van der Waals surface area (Å²) in [5.41, 5.74) is 2.75. The van der Waals surface area contributed by atoms with Crippen LogP contribution in [0.15, 0.2) is 47.4 Å². The molecule has 7 heteroatoms. The predicted molar refractivity (Wildman–Crippen MR) is 113 cm³/mol. The number of sulfonamides is 1. The molecule has 0 bridgehead atoms. The Morgan fingerprint density at radius 1 is 1.07 bits per heavy atom. The highest BCUT2D eigenvalue weighted by Gasteiger charge is 2.25. The zero-order valence-electron chi connectivity index (χ0n) is 16.4. The van der Waals surface area contributed by atoms with E-state index in [0.717, 1.165) is 31.5 Å². The van der Waals surface area contributed by atoms with Gasteiger partial charge in [-0.25, -0.2) is 13.1 Å². The molecule has 0 saturated carbocycles. The fourth-order valence-corrected chi connectivity index (χ4v) is 4.63. The van der Waals surface area contributed by atoms with Gasteiger partial charge < -0.3 is 10.2 Å².